The van der Waals surface area contributed by atoms with Gasteiger partial charge in [0, 0.05) is 51.0 Å². The number of rotatable bonds is 6. The number of aromatic nitrogens is 2. The van der Waals surface area contributed by atoms with Crippen molar-refractivity contribution in [1.29, 1.82) is 0 Å². The van der Waals surface area contributed by atoms with Gasteiger partial charge in [0.05, 0.1) is 5.69 Å². The molecule has 0 unspecified atom stereocenters. The zero-order valence-electron chi connectivity index (χ0n) is 16.6. The highest BCUT2D eigenvalue weighted by Crippen LogP contribution is 2.28. The summed E-state index contributed by atoms with van der Waals surface area (Å²) in [4.78, 5) is 9.03. The highest BCUT2D eigenvalue weighted by molar-refractivity contribution is 7.90. The Bertz CT molecular complexity index is 948. The standard InChI is InChI=1S/C18H25F3N6O2S/c1-2-22-17(23-9-6-15-13-26-10-4-3-5-16(26)24-15)25-14-7-11-27(12-8-14)30(28,29)18(19,20)21/h3-5,10,13-14H,2,6-9,11-12H2,1H3,(H2,22,23,25). The second-order valence-electron chi connectivity index (χ2n) is 6.98. The molecule has 8 nitrogen and oxygen atoms in total. The van der Waals surface area contributed by atoms with E-state index in [9.17, 15) is 21.6 Å². The van der Waals surface area contributed by atoms with Crippen molar-refractivity contribution in [3.05, 3.63) is 36.3 Å². The van der Waals surface area contributed by atoms with Gasteiger partial charge in [0.25, 0.3) is 0 Å². The molecule has 3 rings (SSSR count). The molecule has 0 aliphatic carbocycles. The third-order valence-electron chi connectivity index (χ3n) is 4.82. The van der Waals surface area contributed by atoms with Crippen LogP contribution < -0.4 is 10.6 Å². The van der Waals surface area contributed by atoms with Gasteiger partial charge in [-0.1, -0.05) is 6.07 Å². The zero-order chi connectivity index (χ0) is 21.8. The third kappa shape index (κ3) is 5.22. The fourth-order valence-corrected chi connectivity index (χ4v) is 4.27. The van der Waals surface area contributed by atoms with Crippen LogP contribution in [0.1, 0.15) is 25.5 Å². The summed E-state index contributed by atoms with van der Waals surface area (Å²) >= 11 is 0. The van der Waals surface area contributed by atoms with Crippen molar-refractivity contribution >= 4 is 21.6 Å². The van der Waals surface area contributed by atoms with Gasteiger partial charge in [-0.3, -0.25) is 4.99 Å². The number of guanidine groups is 1. The van der Waals surface area contributed by atoms with E-state index in [4.69, 9.17) is 0 Å². The highest BCUT2D eigenvalue weighted by Gasteiger charge is 2.50. The zero-order valence-corrected chi connectivity index (χ0v) is 17.4. The van der Waals surface area contributed by atoms with Crippen molar-refractivity contribution < 1.29 is 21.6 Å². The largest absolute Gasteiger partial charge is 0.511 e. The number of nitrogens with zero attached hydrogens (tertiary/aromatic N) is 4. The van der Waals surface area contributed by atoms with E-state index in [1.54, 1.807) is 0 Å². The summed E-state index contributed by atoms with van der Waals surface area (Å²) in [5, 5.41) is 6.30. The third-order valence-corrected chi connectivity index (χ3v) is 6.45. The minimum Gasteiger partial charge on any atom is -0.357 e. The number of sulfonamides is 1. The van der Waals surface area contributed by atoms with Crippen LogP contribution in [0, 0.1) is 0 Å². The van der Waals surface area contributed by atoms with Crippen molar-refractivity contribution in [3.63, 3.8) is 0 Å². The van der Waals surface area contributed by atoms with Crippen LogP contribution in [-0.2, 0) is 16.4 Å². The Morgan fingerprint density at radius 3 is 2.67 bits per heavy atom. The van der Waals surface area contributed by atoms with Crippen molar-refractivity contribution in [2.75, 3.05) is 26.2 Å². The normalized spacial score (nSPS) is 17.4. The molecule has 1 fully saturated rings. The number of hydrogen-bond donors (Lipinski definition) is 2. The Kier molecular flexibility index (Phi) is 6.86. The first-order valence-corrected chi connectivity index (χ1v) is 11.2. The van der Waals surface area contributed by atoms with Gasteiger partial charge in [-0.15, -0.1) is 0 Å². The Morgan fingerprint density at radius 1 is 1.30 bits per heavy atom. The number of piperidine rings is 1. The van der Waals surface area contributed by atoms with Gasteiger partial charge in [0.2, 0.25) is 0 Å². The van der Waals surface area contributed by atoms with Crippen molar-refractivity contribution in [3.8, 4) is 0 Å². The maximum Gasteiger partial charge on any atom is 0.511 e. The SMILES string of the molecule is CCNC(=NCCc1cn2ccccc2n1)NC1CCN(S(=O)(=O)C(F)(F)F)CC1. The van der Waals surface area contributed by atoms with Crippen LogP contribution in [-0.4, -0.2) is 65.8 Å². The fourth-order valence-electron chi connectivity index (χ4n) is 3.29. The van der Waals surface area contributed by atoms with Crippen LogP contribution in [0.25, 0.3) is 5.65 Å². The lowest BCUT2D eigenvalue weighted by Crippen LogP contribution is -2.51. The quantitative estimate of drug-likeness (QED) is 0.521. The lowest BCUT2D eigenvalue weighted by atomic mass is 10.1. The van der Waals surface area contributed by atoms with Gasteiger partial charge in [-0.05, 0) is 31.9 Å². The predicted molar refractivity (Wildman–Crippen MR) is 108 cm³/mol. The molecule has 0 amide bonds. The van der Waals surface area contributed by atoms with Gasteiger partial charge in [0.15, 0.2) is 5.96 Å². The molecule has 0 aromatic carbocycles. The summed E-state index contributed by atoms with van der Waals surface area (Å²) < 4.78 is 63.5. The molecule has 0 bridgehead atoms. The molecule has 1 aliphatic rings. The van der Waals surface area contributed by atoms with E-state index in [-0.39, 0.29) is 32.0 Å². The lowest BCUT2D eigenvalue weighted by Gasteiger charge is -2.32. The Balaban J connectivity index is 1.54. The molecule has 0 spiro atoms. The van der Waals surface area contributed by atoms with Crippen LogP contribution in [0.5, 0.6) is 0 Å². The minimum absolute atomic E-state index is 0.155. The van der Waals surface area contributed by atoms with Crippen molar-refractivity contribution in [2.45, 2.75) is 37.7 Å². The van der Waals surface area contributed by atoms with E-state index in [0.717, 1.165) is 11.3 Å². The summed E-state index contributed by atoms with van der Waals surface area (Å²) in [5.74, 6) is 0.554. The first-order valence-electron chi connectivity index (χ1n) is 9.74. The van der Waals surface area contributed by atoms with Crippen LogP contribution in [0.3, 0.4) is 0 Å². The van der Waals surface area contributed by atoms with Crippen LogP contribution in [0.15, 0.2) is 35.6 Å². The number of imidazole rings is 1. The predicted octanol–water partition coefficient (Wildman–Crippen LogP) is 1.75. The van der Waals surface area contributed by atoms with Crippen LogP contribution in [0.2, 0.25) is 0 Å². The summed E-state index contributed by atoms with van der Waals surface area (Å²) in [7, 11) is -5.27. The second-order valence-corrected chi connectivity index (χ2v) is 8.91. The number of pyridine rings is 1. The van der Waals surface area contributed by atoms with E-state index in [1.165, 1.54) is 0 Å². The van der Waals surface area contributed by atoms with Crippen molar-refractivity contribution in [1.82, 2.24) is 24.3 Å². The summed E-state index contributed by atoms with van der Waals surface area (Å²) in [5.41, 5.74) is -3.49. The Hall–Kier alpha value is -2.34. The second kappa shape index (κ2) is 9.21. The molecule has 1 aliphatic heterocycles. The number of hydrogen-bond acceptors (Lipinski definition) is 4. The molecule has 0 atom stereocenters. The first kappa shape index (κ1) is 22.3. The monoisotopic (exact) mass is 446 g/mol. The van der Waals surface area contributed by atoms with Gasteiger partial charge >= 0.3 is 15.5 Å². The molecular formula is C18H25F3N6O2S. The Morgan fingerprint density at radius 2 is 2.03 bits per heavy atom. The molecule has 1 saturated heterocycles. The van der Waals surface area contributed by atoms with Crippen molar-refractivity contribution in [2.24, 2.45) is 4.99 Å². The maximum absolute atomic E-state index is 12.7. The van der Waals surface area contributed by atoms with Crippen LogP contribution >= 0.6 is 0 Å². The van der Waals surface area contributed by atoms with E-state index in [2.05, 4.69) is 20.6 Å². The maximum atomic E-state index is 12.7. The molecule has 0 saturated carbocycles. The molecule has 0 radical (unpaired) electrons. The van der Waals surface area contributed by atoms with E-state index >= 15 is 0 Å². The van der Waals surface area contributed by atoms with E-state index < -0.39 is 15.5 Å². The number of fused-ring (bicyclic) bond motifs is 1. The Labute approximate surface area is 173 Å². The van der Waals surface area contributed by atoms with Crippen LogP contribution in [0.4, 0.5) is 13.2 Å². The van der Waals surface area contributed by atoms with Gasteiger partial charge in [-0.25, -0.2) is 13.4 Å². The number of halogens is 3. The number of aliphatic imine (C=N–C) groups is 1. The fraction of sp³-hybridized carbons (Fsp3) is 0.556. The molecule has 12 heteroatoms. The van der Waals surface area contributed by atoms with Gasteiger partial charge < -0.3 is 15.0 Å². The number of nitrogens with one attached hydrogen (secondary N) is 2. The molecule has 30 heavy (non-hydrogen) atoms. The average Bonchev–Trinajstić information content (AvgIpc) is 3.10. The van der Waals surface area contributed by atoms with E-state index in [0.29, 0.717) is 29.8 Å². The number of alkyl halides is 3. The topological polar surface area (TPSA) is 91.1 Å². The van der Waals surface area contributed by atoms with Gasteiger partial charge in [0.1, 0.15) is 5.65 Å². The summed E-state index contributed by atoms with van der Waals surface area (Å²) in [6, 6.07) is 5.61. The summed E-state index contributed by atoms with van der Waals surface area (Å²) in [6.07, 6.45) is 5.05. The highest BCUT2D eigenvalue weighted by atomic mass is 32.2. The average molecular weight is 446 g/mol. The molecular weight excluding hydrogens is 421 g/mol. The molecule has 3 heterocycles. The molecule has 2 aromatic heterocycles. The molecule has 2 aromatic rings. The first-order chi connectivity index (χ1) is 14.2. The van der Waals surface area contributed by atoms with Gasteiger partial charge in [-0.2, -0.15) is 17.5 Å². The molecule has 166 valence electrons. The molecule has 2 N–H and O–H groups in total. The smallest absolute Gasteiger partial charge is 0.357 e. The summed E-state index contributed by atoms with van der Waals surface area (Å²) in [6.45, 7) is 2.67. The minimum atomic E-state index is -5.27. The lowest BCUT2D eigenvalue weighted by molar-refractivity contribution is -0.0494. The van der Waals surface area contributed by atoms with E-state index in [1.807, 2.05) is 41.9 Å².